The molecule has 0 aromatic carbocycles. The molecule has 0 spiro atoms. The molecular weight excluding hydrogens is 236 g/mol. The van der Waals surface area contributed by atoms with E-state index >= 15 is 0 Å². The Morgan fingerprint density at radius 1 is 1.56 bits per heavy atom. The average molecular weight is 254 g/mol. The summed E-state index contributed by atoms with van der Waals surface area (Å²) in [7, 11) is 1.84. The van der Waals surface area contributed by atoms with Crippen LogP contribution in [-0.4, -0.2) is 39.4 Å². The van der Waals surface area contributed by atoms with Crippen molar-refractivity contribution in [3.05, 3.63) is 17.5 Å². The molecule has 0 bridgehead atoms. The first-order valence-corrected chi connectivity index (χ1v) is 5.60. The maximum absolute atomic E-state index is 10.9. The highest BCUT2D eigenvalue weighted by atomic mass is 16.4. The second-order valence-corrected chi connectivity index (χ2v) is 4.10. The van der Waals surface area contributed by atoms with Gasteiger partial charge in [0.15, 0.2) is 0 Å². The van der Waals surface area contributed by atoms with E-state index in [-0.39, 0.29) is 12.5 Å². The lowest BCUT2D eigenvalue weighted by Crippen LogP contribution is -2.46. The van der Waals surface area contributed by atoms with Crippen molar-refractivity contribution in [2.45, 2.75) is 26.4 Å². The van der Waals surface area contributed by atoms with Crippen molar-refractivity contribution in [1.82, 2.24) is 20.4 Å². The molecule has 1 amide bonds. The van der Waals surface area contributed by atoms with Gasteiger partial charge in [0, 0.05) is 38.3 Å². The van der Waals surface area contributed by atoms with Crippen LogP contribution in [0.2, 0.25) is 0 Å². The molecule has 0 aliphatic heterocycles. The van der Waals surface area contributed by atoms with Crippen LogP contribution in [0.4, 0.5) is 0 Å². The lowest BCUT2D eigenvalue weighted by Gasteiger charge is -2.13. The normalized spacial score (nSPS) is 12.2. The molecule has 7 heteroatoms. The highest BCUT2D eigenvalue weighted by Gasteiger charge is 2.17. The number of hydrogen-bond acceptors (Lipinski definition) is 4. The van der Waals surface area contributed by atoms with Gasteiger partial charge in [0.1, 0.15) is 6.04 Å². The molecule has 3 N–H and O–H groups in total. The Morgan fingerprint density at radius 2 is 2.22 bits per heavy atom. The highest BCUT2D eigenvalue weighted by Crippen LogP contribution is 2.04. The lowest BCUT2D eigenvalue weighted by atomic mass is 10.2. The number of carboxylic acid groups (broad SMARTS) is 1. The Balaban J connectivity index is 2.46. The molecule has 1 atom stereocenters. The highest BCUT2D eigenvalue weighted by molar-refractivity contribution is 5.82. The summed E-state index contributed by atoms with van der Waals surface area (Å²) in [5, 5.41) is 18.4. The summed E-state index contributed by atoms with van der Waals surface area (Å²) >= 11 is 0. The van der Waals surface area contributed by atoms with Crippen LogP contribution >= 0.6 is 0 Å². The molecule has 1 aromatic rings. The first-order valence-electron chi connectivity index (χ1n) is 5.60. The maximum atomic E-state index is 10.9. The van der Waals surface area contributed by atoms with Crippen LogP contribution in [0.15, 0.2) is 6.20 Å². The fourth-order valence-corrected chi connectivity index (χ4v) is 1.51. The minimum absolute atomic E-state index is 0.170. The smallest absolute Gasteiger partial charge is 0.327 e. The molecule has 0 radical (unpaired) electrons. The first kappa shape index (κ1) is 14.2. The van der Waals surface area contributed by atoms with Crippen LogP contribution in [0.5, 0.6) is 0 Å². The van der Waals surface area contributed by atoms with E-state index in [1.165, 1.54) is 6.92 Å². The molecule has 1 aromatic heterocycles. The number of aryl methyl sites for hydroxylation is 1. The summed E-state index contributed by atoms with van der Waals surface area (Å²) < 4.78 is 1.75. The van der Waals surface area contributed by atoms with Crippen LogP contribution in [-0.2, 0) is 23.2 Å². The summed E-state index contributed by atoms with van der Waals surface area (Å²) in [6, 6.07) is -0.917. The third-order valence-corrected chi connectivity index (χ3v) is 2.68. The number of nitrogens with zero attached hydrogens (tertiary/aromatic N) is 2. The van der Waals surface area contributed by atoms with Gasteiger partial charge in [-0.3, -0.25) is 9.48 Å². The van der Waals surface area contributed by atoms with E-state index in [4.69, 9.17) is 5.11 Å². The summed E-state index contributed by atoms with van der Waals surface area (Å²) in [6.07, 6.45) is 1.73. The van der Waals surface area contributed by atoms with Crippen LogP contribution in [0, 0.1) is 6.92 Å². The van der Waals surface area contributed by atoms with Crippen LogP contribution in [0.25, 0.3) is 0 Å². The number of hydrogen-bond donors (Lipinski definition) is 3. The monoisotopic (exact) mass is 254 g/mol. The number of carbonyl (C=O) groups excluding carboxylic acids is 1. The number of aliphatic carboxylic acids is 1. The molecule has 18 heavy (non-hydrogen) atoms. The fraction of sp³-hybridized carbons (Fsp3) is 0.545. The standard InChI is InChI=1S/C11H18N4O3/c1-7-9(5-13-15(7)3)4-12-6-10(11(17)18)14-8(2)16/h5,10,12H,4,6H2,1-3H3,(H,14,16)(H,17,18). The zero-order valence-electron chi connectivity index (χ0n) is 10.7. The largest absolute Gasteiger partial charge is 0.480 e. The zero-order valence-corrected chi connectivity index (χ0v) is 10.7. The van der Waals surface area contributed by atoms with E-state index in [1.807, 2.05) is 14.0 Å². The van der Waals surface area contributed by atoms with Gasteiger partial charge in [0.05, 0.1) is 6.20 Å². The zero-order chi connectivity index (χ0) is 13.7. The average Bonchev–Trinajstić information content (AvgIpc) is 2.58. The Bertz CT molecular complexity index is 441. The third kappa shape index (κ3) is 3.85. The molecule has 1 rings (SSSR count). The van der Waals surface area contributed by atoms with Crippen LogP contribution in [0.1, 0.15) is 18.2 Å². The Hall–Kier alpha value is -1.89. The van der Waals surface area contributed by atoms with Crippen molar-refractivity contribution in [3.8, 4) is 0 Å². The Morgan fingerprint density at radius 3 is 2.67 bits per heavy atom. The van der Waals surface area contributed by atoms with Gasteiger partial charge in [-0.15, -0.1) is 0 Å². The van der Waals surface area contributed by atoms with E-state index in [0.29, 0.717) is 6.54 Å². The quantitative estimate of drug-likeness (QED) is 0.630. The number of nitrogens with one attached hydrogen (secondary N) is 2. The van der Waals surface area contributed by atoms with Crippen molar-refractivity contribution >= 4 is 11.9 Å². The lowest BCUT2D eigenvalue weighted by molar-refractivity contribution is -0.141. The minimum Gasteiger partial charge on any atom is -0.480 e. The summed E-state index contributed by atoms with van der Waals surface area (Å²) in [5.41, 5.74) is 2.03. The van der Waals surface area contributed by atoms with Gasteiger partial charge >= 0.3 is 5.97 Å². The summed E-state index contributed by atoms with van der Waals surface area (Å²) in [6.45, 7) is 3.92. The van der Waals surface area contributed by atoms with Gasteiger partial charge in [-0.05, 0) is 6.92 Å². The summed E-state index contributed by atoms with van der Waals surface area (Å²) in [5.74, 6) is -1.41. The van der Waals surface area contributed by atoms with Gasteiger partial charge in [-0.2, -0.15) is 5.10 Å². The number of carbonyl (C=O) groups is 2. The predicted molar refractivity (Wildman–Crippen MR) is 64.9 cm³/mol. The number of rotatable bonds is 6. The molecule has 1 heterocycles. The second-order valence-electron chi connectivity index (χ2n) is 4.10. The van der Waals surface area contributed by atoms with E-state index in [2.05, 4.69) is 15.7 Å². The van der Waals surface area contributed by atoms with Crippen molar-refractivity contribution in [2.75, 3.05) is 6.54 Å². The molecule has 0 saturated heterocycles. The number of carboxylic acids is 1. The van der Waals surface area contributed by atoms with Crippen LogP contribution < -0.4 is 10.6 Å². The molecule has 0 aliphatic carbocycles. The van der Waals surface area contributed by atoms with Crippen molar-refractivity contribution < 1.29 is 14.7 Å². The number of aromatic nitrogens is 2. The predicted octanol–water partition coefficient (Wildman–Crippen LogP) is -0.593. The van der Waals surface area contributed by atoms with Gasteiger partial charge in [0.25, 0.3) is 0 Å². The van der Waals surface area contributed by atoms with E-state index in [1.54, 1.807) is 10.9 Å². The summed E-state index contributed by atoms with van der Waals surface area (Å²) in [4.78, 5) is 21.7. The SMILES string of the molecule is CC(=O)NC(CNCc1cnn(C)c1C)C(=O)O. The van der Waals surface area contributed by atoms with E-state index in [0.717, 1.165) is 11.3 Å². The topological polar surface area (TPSA) is 96.3 Å². The third-order valence-electron chi connectivity index (χ3n) is 2.68. The van der Waals surface area contributed by atoms with E-state index in [9.17, 15) is 9.59 Å². The molecule has 7 nitrogen and oxygen atoms in total. The van der Waals surface area contributed by atoms with Crippen LogP contribution in [0.3, 0.4) is 0 Å². The fourth-order valence-electron chi connectivity index (χ4n) is 1.51. The molecule has 0 saturated carbocycles. The molecular formula is C11H18N4O3. The Labute approximate surface area is 105 Å². The van der Waals surface area contributed by atoms with Gasteiger partial charge < -0.3 is 15.7 Å². The molecule has 1 unspecified atom stereocenters. The van der Waals surface area contributed by atoms with E-state index < -0.39 is 12.0 Å². The number of amides is 1. The first-order chi connectivity index (χ1) is 8.41. The molecule has 100 valence electrons. The van der Waals surface area contributed by atoms with Crippen molar-refractivity contribution in [3.63, 3.8) is 0 Å². The molecule has 0 fully saturated rings. The minimum atomic E-state index is -1.05. The Kier molecular flexibility index (Phi) is 4.85. The van der Waals surface area contributed by atoms with Gasteiger partial charge in [-0.1, -0.05) is 0 Å². The van der Waals surface area contributed by atoms with Crippen molar-refractivity contribution in [1.29, 1.82) is 0 Å². The molecule has 0 aliphatic rings. The van der Waals surface area contributed by atoms with Gasteiger partial charge in [-0.25, -0.2) is 4.79 Å². The van der Waals surface area contributed by atoms with Gasteiger partial charge in [0.2, 0.25) is 5.91 Å². The second kappa shape index (κ2) is 6.15. The van der Waals surface area contributed by atoms with Crippen molar-refractivity contribution in [2.24, 2.45) is 7.05 Å². The maximum Gasteiger partial charge on any atom is 0.327 e.